The molecular formula is C25H23N3O6S. The molecular weight excluding hydrogens is 470 g/mol. The van der Waals surface area contributed by atoms with Crippen LogP contribution in [0.2, 0.25) is 0 Å². The smallest absolute Gasteiger partial charge is 0.303 e. The number of aliphatic carboxylic acids is 1. The number of hydrogen-bond donors (Lipinski definition) is 4. The van der Waals surface area contributed by atoms with Gasteiger partial charge in [0.2, 0.25) is 0 Å². The van der Waals surface area contributed by atoms with E-state index in [9.17, 15) is 22.8 Å². The number of carboxylic acids is 1. The minimum atomic E-state index is -3.83. The number of benzene rings is 2. The first-order valence-electron chi connectivity index (χ1n) is 10.8. The molecule has 2 heterocycles. The number of rotatable bonds is 8. The molecule has 0 bridgehead atoms. The van der Waals surface area contributed by atoms with Gasteiger partial charge in [0.1, 0.15) is 0 Å². The number of aromatic amines is 1. The highest BCUT2D eigenvalue weighted by molar-refractivity contribution is 7.92. The van der Waals surface area contributed by atoms with Crippen molar-refractivity contribution in [3.8, 4) is 0 Å². The van der Waals surface area contributed by atoms with Crippen LogP contribution in [0.3, 0.4) is 0 Å². The maximum Gasteiger partial charge on any atom is 0.303 e. The lowest BCUT2D eigenvalue weighted by molar-refractivity contribution is -0.137. The van der Waals surface area contributed by atoms with E-state index in [-0.39, 0.29) is 34.8 Å². The molecule has 0 saturated carbocycles. The third kappa shape index (κ3) is 4.87. The quantitative estimate of drug-likeness (QED) is 0.277. The number of aromatic nitrogens is 1. The molecule has 9 nitrogen and oxygen atoms in total. The molecule has 0 saturated heterocycles. The van der Waals surface area contributed by atoms with Crippen LogP contribution in [0.5, 0.6) is 0 Å². The second-order valence-corrected chi connectivity index (χ2v) is 9.84. The number of H-pyrrole nitrogens is 1. The predicted molar refractivity (Wildman–Crippen MR) is 132 cm³/mol. The predicted octanol–water partition coefficient (Wildman–Crippen LogP) is 3.84. The monoisotopic (exact) mass is 493 g/mol. The van der Waals surface area contributed by atoms with Crippen molar-refractivity contribution in [3.05, 3.63) is 76.6 Å². The zero-order chi connectivity index (χ0) is 25.3. The summed E-state index contributed by atoms with van der Waals surface area (Å²) in [5, 5.41) is 11.9. The number of sulfonamides is 1. The van der Waals surface area contributed by atoms with E-state index < -0.39 is 21.9 Å². The van der Waals surface area contributed by atoms with Crippen molar-refractivity contribution in [1.29, 1.82) is 0 Å². The molecule has 4 rings (SSSR count). The summed E-state index contributed by atoms with van der Waals surface area (Å²) in [6.45, 7) is 3.11. The highest BCUT2D eigenvalue weighted by Gasteiger charge is 2.27. The normalized spacial score (nSPS) is 14.0. The summed E-state index contributed by atoms with van der Waals surface area (Å²) in [7, 11) is -3.83. The van der Waals surface area contributed by atoms with Crippen molar-refractivity contribution in [2.45, 2.75) is 31.6 Å². The molecule has 0 spiro atoms. The Morgan fingerprint density at radius 2 is 1.83 bits per heavy atom. The van der Waals surface area contributed by atoms with Crippen molar-refractivity contribution in [2.75, 3.05) is 10.0 Å². The van der Waals surface area contributed by atoms with Crippen LogP contribution in [-0.2, 0) is 26.0 Å². The minimum Gasteiger partial charge on any atom is -0.481 e. The molecule has 1 aliphatic heterocycles. The summed E-state index contributed by atoms with van der Waals surface area (Å²) < 4.78 is 28.0. The number of fused-ring (bicyclic) bond motifs is 1. The van der Waals surface area contributed by atoms with Gasteiger partial charge in [0.15, 0.2) is 5.78 Å². The Labute approximate surface area is 201 Å². The average Bonchev–Trinajstić information content (AvgIpc) is 3.28. The Hall–Kier alpha value is -4.18. The van der Waals surface area contributed by atoms with E-state index in [2.05, 4.69) is 15.0 Å². The van der Waals surface area contributed by atoms with Crippen LogP contribution in [-0.4, -0.2) is 36.2 Å². The van der Waals surface area contributed by atoms with E-state index in [4.69, 9.17) is 5.11 Å². The number of amides is 1. The standard InChI is InChI=1S/C25H23N3O6S/c1-14-24(15(2)29)18(9-11-23(30)31)22(26-14)13-20-19-12-16(8-10-21(19)27-25(20)32)28-35(33,34)17-6-4-3-5-7-17/h3-8,10,12-13,26,28H,9,11H2,1-2H3,(H,27,32)(H,30,31). The lowest BCUT2D eigenvalue weighted by Crippen LogP contribution is -2.12. The summed E-state index contributed by atoms with van der Waals surface area (Å²) in [6, 6.07) is 12.6. The van der Waals surface area contributed by atoms with Crippen LogP contribution in [0.15, 0.2) is 53.4 Å². The third-order valence-corrected chi connectivity index (χ3v) is 7.06. The fourth-order valence-electron chi connectivity index (χ4n) is 4.15. The van der Waals surface area contributed by atoms with Crippen LogP contribution < -0.4 is 10.0 Å². The van der Waals surface area contributed by atoms with Crippen LogP contribution in [0.25, 0.3) is 11.6 Å². The van der Waals surface area contributed by atoms with E-state index in [0.717, 1.165) is 0 Å². The van der Waals surface area contributed by atoms with Gasteiger partial charge < -0.3 is 15.4 Å². The van der Waals surface area contributed by atoms with E-state index in [0.29, 0.717) is 33.8 Å². The molecule has 1 amide bonds. The van der Waals surface area contributed by atoms with Crippen molar-refractivity contribution in [3.63, 3.8) is 0 Å². The van der Waals surface area contributed by atoms with E-state index >= 15 is 0 Å². The average molecular weight is 494 g/mol. The van der Waals surface area contributed by atoms with Gasteiger partial charge in [-0.25, -0.2) is 8.42 Å². The number of carbonyl (C=O) groups is 3. The molecule has 0 aliphatic carbocycles. The van der Waals surface area contributed by atoms with Crippen LogP contribution in [0, 0.1) is 6.92 Å². The molecule has 3 aromatic rings. The van der Waals surface area contributed by atoms with Gasteiger partial charge in [0.05, 0.1) is 10.5 Å². The molecule has 0 fully saturated rings. The van der Waals surface area contributed by atoms with Crippen LogP contribution >= 0.6 is 0 Å². The maximum atomic E-state index is 12.8. The summed E-state index contributed by atoms with van der Waals surface area (Å²) >= 11 is 0. The van der Waals surface area contributed by atoms with Crippen molar-refractivity contribution < 1.29 is 27.9 Å². The van der Waals surface area contributed by atoms with Gasteiger partial charge in [0.25, 0.3) is 15.9 Å². The molecule has 1 aromatic heterocycles. The summed E-state index contributed by atoms with van der Waals surface area (Å²) in [4.78, 5) is 39.3. The van der Waals surface area contributed by atoms with Crippen molar-refractivity contribution in [2.24, 2.45) is 0 Å². The first-order valence-corrected chi connectivity index (χ1v) is 12.2. The van der Waals surface area contributed by atoms with Crippen LogP contribution in [0.4, 0.5) is 11.4 Å². The number of ketones is 1. The van der Waals surface area contributed by atoms with Gasteiger partial charge in [-0.3, -0.25) is 19.1 Å². The molecule has 0 atom stereocenters. The molecule has 180 valence electrons. The van der Waals surface area contributed by atoms with Gasteiger partial charge in [-0.05, 0) is 62.2 Å². The van der Waals surface area contributed by atoms with E-state index in [1.807, 2.05) is 0 Å². The number of carboxylic acid groups (broad SMARTS) is 1. The van der Waals surface area contributed by atoms with E-state index in [1.54, 1.807) is 49.4 Å². The molecule has 2 aromatic carbocycles. The topological polar surface area (TPSA) is 145 Å². The molecule has 0 unspecified atom stereocenters. The van der Waals surface area contributed by atoms with Gasteiger partial charge >= 0.3 is 5.97 Å². The second kappa shape index (κ2) is 9.22. The highest BCUT2D eigenvalue weighted by atomic mass is 32.2. The van der Waals surface area contributed by atoms with Crippen LogP contribution in [0.1, 0.15) is 46.2 Å². The Morgan fingerprint density at radius 3 is 2.49 bits per heavy atom. The number of hydrogen-bond acceptors (Lipinski definition) is 5. The van der Waals surface area contributed by atoms with Crippen molar-refractivity contribution >= 4 is 50.7 Å². The van der Waals surface area contributed by atoms with E-state index in [1.165, 1.54) is 19.1 Å². The van der Waals surface area contributed by atoms with Gasteiger partial charge in [0, 0.05) is 40.3 Å². The summed E-state index contributed by atoms with van der Waals surface area (Å²) in [5.74, 6) is -1.61. The fraction of sp³-hybridized carbons (Fsp3) is 0.160. The highest BCUT2D eigenvalue weighted by Crippen LogP contribution is 2.36. The third-order valence-electron chi connectivity index (χ3n) is 5.66. The Morgan fingerprint density at radius 1 is 1.11 bits per heavy atom. The first kappa shape index (κ1) is 24.0. The molecule has 35 heavy (non-hydrogen) atoms. The molecule has 1 aliphatic rings. The maximum absolute atomic E-state index is 12.8. The number of Topliss-reactive ketones (excluding diaryl/α,β-unsaturated/α-hetero) is 1. The summed E-state index contributed by atoms with van der Waals surface area (Å²) in [5.41, 5.74) is 3.47. The van der Waals surface area contributed by atoms with Gasteiger partial charge in [-0.1, -0.05) is 18.2 Å². The molecule has 4 N–H and O–H groups in total. The molecule has 10 heteroatoms. The Balaban J connectivity index is 1.75. The number of anilines is 2. The SMILES string of the molecule is CC(=O)c1c(C)[nH]c(C=C2C(=O)Nc3ccc(NS(=O)(=O)c4ccccc4)cc32)c1CCC(=O)O. The molecule has 0 radical (unpaired) electrons. The zero-order valence-corrected chi connectivity index (χ0v) is 19.8. The van der Waals surface area contributed by atoms with Crippen molar-refractivity contribution in [1.82, 2.24) is 4.98 Å². The number of aryl methyl sites for hydroxylation is 1. The zero-order valence-electron chi connectivity index (χ0n) is 19.0. The lowest BCUT2D eigenvalue weighted by atomic mass is 9.98. The summed E-state index contributed by atoms with van der Waals surface area (Å²) in [6.07, 6.45) is 1.49. The van der Waals surface area contributed by atoms with Gasteiger partial charge in [-0.15, -0.1) is 0 Å². The Kier molecular flexibility index (Phi) is 6.31. The number of carbonyl (C=O) groups excluding carboxylic acids is 2. The fourth-order valence-corrected chi connectivity index (χ4v) is 5.22. The number of nitrogens with one attached hydrogen (secondary N) is 3. The van der Waals surface area contributed by atoms with Gasteiger partial charge in [-0.2, -0.15) is 0 Å². The largest absolute Gasteiger partial charge is 0.481 e. The lowest BCUT2D eigenvalue weighted by Gasteiger charge is -2.09. The second-order valence-electron chi connectivity index (χ2n) is 8.16. The minimum absolute atomic E-state index is 0.104. The first-order chi connectivity index (χ1) is 16.6. The Bertz CT molecular complexity index is 1490.